The smallest absolute Gasteiger partial charge is 0.127 e. The third kappa shape index (κ3) is 3.04. The summed E-state index contributed by atoms with van der Waals surface area (Å²) in [5, 5.41) is 0. The second-order valence-corrected chi connectivity index (χ2v) is 7.28. The van der Waals surface area contributed by atoms with Crippen LogP contribution in [0.5, 0.6) is 0 Å². The van der Waals surface area contributed by atoms with E-state index in [0.29, 0.717) is 0 Å². The van der Waals surface area contributed by atoms with Crippen LogP contribution in [-0.2, 0) is 6.54 Å². The van der Waals surface area contributed by atoms with Crippen molar-refractivity contribution >= 4 is 0 Å². The molecule has 1 aliphatic heterocycles. The Kier molecular flexibility index (Phi) is 3.78. The van der Waals surface area contributed by atoms with E-state index in [1.807, 2.05) is 17.3 Å². The Labute approximate surface area is 127 Å². The van der Waals surface area contributed by atoms with Gasteiger partial charge < -0.3 is 9.80 Å². The fourth-order valence-electron chi connectivity index (χ4n) is 4.63. The molecule has 0 amide bonds. The summed E-state index contributed by atoms with van der Waals surface area (Å²) in [5.74, 6) is 2.83. The highest BCUT2D eigenvalue weighted by Gasteiger charge is 2.38. The average Bonchev–Trinajstić information content (AvgIpc) is 3.13. The molecule has 1 aromatic rings. The van der Waals surface area contributed by atoms with Gasteiger partial charge >= 0.3 is 0 Å². The molecule has 1 aromatic heterocycles. The molecule has 0 unspecified atom stereocenters. The first-order valence-corrected chi connectivity index (χ1v) is 8.61. The van der Waals surface area contributed by atoms with Gasteiger partial charge in [0.25, 0.3) is 0 Å². The molecule has 0 aromatic carbocycles. The van der Waals surface area contributed by atoms with Crippen LogP contribution in [-0.4, -0.2) is 37.7 Å². The number of allylic oxidation sites excluding steroid dienone is 2. The van der Waals surface area contributed by atoms with Crippen molar-refractivity contribution in [2.45, 2.75) is 19.4 Å². The van der Waals surface area contributed by atoms with Gasteiger partial charge in [-0.1, -0.05) is 18.2 Å². The van der Waals surface area contributed by atoms with Crippen molar-refractivity contribution in [2.75, 3.05) is 32.7 Å². The van der Waals surface area contributed by atoms with Crippen molar-refractivity contribution < 1.29 is 9.80 Å². The van der Waals surface area contributed by atoms with Crippen LogP contribution in [0.1, 0.15) is 18.4 Å². The fourth-order valence-corrected chi connectivity index (χ4v) is 4.63. The van der Waals surface area contributed by atoms with E-state index >= 15 is 0 Å². The minimum atomic E-state index is 0.920. The third-order valence-corrected chi connectivity index (χ3v) is 5.81. The minimum Gasteiger partial charge on any atom is -0.325 e. The molecule has 3 atom stereocenters. The van der Waals surface area contributed by atoms with Crippen LogP contribution in [0.2, 0.25) is 0 Å². The number of quaternary nitrogens is 2. The molecule has 1 saturated heterocycles. The number of hydrogen-bond donors (Lipinski definition) is 2. The lowest BCUT2D eigenvalue weighted by molar-refractivity contribution is -1.02. The number of nitrogens with zero attached hydrogens (tertiary/aromatic N) is 1. The van der Waals surface area contributed by atoms with Gasteiger partial charge in [-0.25, -0.2) is 0 Å². The van der Waals surface area contributed by atoms with Crippen LogP contribution in [0.15, 0.2) is 36.7 Å². The number of hydrogen-bond acceptors (Lipinski definition) is 1. The second-order valence-electron chi connectivity index (χ2n) is 7.28. The van der Waals surface area contributed by atoms with Crippen molar-refractivity contribution in [1.82, 2.24) is 4.98 Å². The van der Waals surface area contributed by atoms with Gasteiger partial charge in [-0.05, 0) is 30.7 Å². The van der Waals surface area contributed by atoms with Gasteiger partial charge in [-0.2, -0.15) is 0 Å². The van der Waals surface area contributed by atoms with Crippen LogP contribution in [0.3, 0.4) is 0 Å². The van der Waals surface area contributed by atoms with Crippen molar-refractivity contribution in [3.63, 3.8) is 0 Å². The van der Waals surface area contributed by atoms with Crippen LogP contribution < -0.4 is 9.80 Å². The molecule has 0 spiro atoms. The second kappa shape index (κ2) is 5.90. The predicted molar refractivity (Wildman–Crippen MR) is 83.0 cm³/mol. The van der Waals surface area contributed by atoms with Gasteiger partial charge in [-0.15, -0.1) is 0 Å². The Hall–Kier alpha value is -1.19. The van der Waals surface area contributed by atoms with Gasteiger partial charge in [0.05, 0.1) is 6.54 Å². The summed E-state index contributed by atoms with van der Waals surface area (Å²) in [6.07, 6.45) is 11.8. The molecule has 4 rings (SSSR count). The molecule has 3 heteroatoms. The summed E-state index contributed by atoms with van der Waals surface area (Å²) >= 11 is 0. The predicted octanol–water partition coefficient (Wildman–Crippen LogP) is -0.423. The van der Waals surface area contributed by atoms with E-state index in [0.717, 1.165) is 24.3 Å². The van der Waals surface area contributed by atoms with E-state index in [1.165, 1.54) is 51.1 Å². The molecule has 3 nitrogen and oxygen atoms in total. The Bertz CT molecular complexity index is 490. The largest absolute Gasteiger partial charge is 0.325 e. The molecule has 2 bridgehead atoms. The summed E-state index contributed by atoms with van der Waals surface area (Å²) in [4.78, 5) is 7.82. The van der Waals surface area contributed by atoms with E-state index in [-0.39, 0.29) is 0 Å². The maximum Gasteiger partial charge on any atom is 0.127 e. The highest BCUT2D eigenvalue weighted by molar-refractivity contribution is 5.10. The zero-order valence-corrected chi connectivity index (χ0v) is 12.8. The molecule has 2 N–H and O–H groups in total. The summed E-state index contributed by atoms with van der Waals surface area (Å²) in [7, 11) is 0. The zero-order valence-electron chi connectivity index (χ0n) is 12.8. The van der Waals surface area contributed by atoms with Crippen molar-refractivity contribution in [2.24, 2.45) is 17.8 Å². The molecule has 3 aliphatic rings. The standard InChI is InChI=1S/C18H25N3/c1-2-16(12-19-5-1)13-20-6-8-21(9-7-20)14-18-11-15-3-4-17(18)10-15/h1-5,12,15,17-18H,6-11,13-14H2/p+2/t15-,17-,18+/m0/s1. The van der Waals surface area contributed by atoms with Gasteiger partial charge in [0.2, 0.25) is 0 Å². The summed E-state index contributed by atoms with van der Waals surface area (Å²) in [5.41, 5.74) is 1.38. The summed E-state index contributed by atoms with van der Waals surface area (Å²) < 4.78 is 0. The first kappa shape index (κ1) is 13.5. The number of aromatic nitrogens is 1. The Balaban J connectivity index is 1.24. The average molecular weight is 285 g/mol. The highest BCUT2D eigenvalue weighted by Crippen LogP contribution is 2.42. The molecular weight excluding hydrogens is 258 g/mol. The normalized spacial score (nSPS) is 38.0. The molecule has 21 heavy (non-hydrogen) atoms. The zero-order chi connectivity index (χ0) is 14.1. The maximum absolute atomic E-state index is 4.23. The number of fused-ring (bicyclic) bond motifs is 2. The molecule has 2 fully saturated rings. The van der Waals surface area contributed by atoms with E-state index in [4.69, 9.17) is 0 Å². The molecule has 2 heterocycles. The van der Waals surface area contributed by atoms with Crippen LogP contribution in [0, 0.1) is 17.8 Å². The third-order valence-electron chi connectivity index (χ3n) is 5.81. The first-order chi connectivity index (χ1) is 10.4. The number of piperazine rings is 1. The first-order valence-electron chi connectivity index (χ1n) is 8.61. The molecule has 2 aliphatic carbocycles. The molecular formula is C18H27N3+2. The van der Waals surface area contributed by atoms with E-state index in [2.05, 4.69) is 29.3 Å². The molecule has 1 saturated carbocycles. The summed E-state index contributed by atoms with van der Waals surface area (Å²) in [6, 6.07) is 4.26. The minimum absolute atomic E-state index is 0.920. The lowest BCUT2D eigenvalue weighted by Crippen LogP contribution is -3.27. The van der Waals surface area contributed by atoms with Crippen LogP contribution >= 0.6 is 0 Å². The lowest BCUT2D eigenvalue weighted by atomic mass is 9.93. The SMILES string of the molecule is C1=C[C@H]2C[C@H]1C[C@@H]2C[NH+]1CC[NH+](Cc2cccnc2)CC1. The van der Waals surface area contributed by atoms with Gasteiger partial charge in [0.1, 0.15) is 32.7 Å². The van der Waals surface area contributed by atoms with Crippen molar-refractivity contribution in [1.29, 1.82) is 0 Å². The van der Waals surface area contributed by atoms with Gasteiger partial charge in [0, 0.05) is 23.9 Å². The van der Waals surface area contributed by atoms with E-state index < -0.39 is 0 Å². The maximum atomic E-state index is 4.23. The Morgan fingerprint density at radius 3 is 2.57 bits per heavy atom. The van der Waals surface area contributed by atoms with E-state index in [1.54, 1.807) is 4.90 Å². The number of rotatable bonds is 4. The Morgan fingerprint density at radius 1 is 1.05 bits per heavy atom. The van der Waals surface area contributed by atoms with Crippen molar-refractivity contribution in [3.05, 3.63) is 42.2 Å². The quantitative estimate of drug-likeness (QED) is 0.721. The molecule has 0 radical (unpaired) electrons. The van der Waals surface area contributed by atoms with Crippen LogP contribution in [0.25, 0.3) is 0 Å². The fraction of sp³-hybridized carbons (Fsp3) is 0.611. The van der Waals surface area contributed by atoms with Gasteiger partial charge in [0.15, 0.2) is 0 Å². The lowest BCUT2D eigenvalue weighted by Gasteiger charge is -2.32. The van der Waals surface area contributed by atoms with Gasteiger partial charge in [-0.3, -0.25) is 4.98 Å². The van der Waals surface area contributed by atoms with Crippen LogP contribution in [0.4, 0.5) is 0 Å². The highest BCUT2D eigenvalue weighted by atomic mass is 15.3. The number of nitrogens with one attached hydrogen (secondary N) is 2. The summed E-state index contributed by atoms with van der Waals surface area (Å²) in [6.45, 7) is 7.92. The topological polar surface area (TPSA) is 21.8 Å². The monoisotopic (exact) mass is 285 g/mol. The number of pyridine rings is 1. The van der Waals surface area contributed by atoms with Crippen molar-refractivity contribution in [3.8, 4) is 0 Å². The molecule has 112 valence electrons. The Morgan fingerprint density at radius 2 is 1.90 bits per heavy atom. The van der Waals surface area contributed by atoms with E-state index in [9.17, 15) is 0 Å².